The number of hydrogen-bond donors (Lipinski definition) is 0. The molecule has 1 saturated carbocycles. The van der Waals surface area contributed by atoms with Crippen molar-refractivity contribution in [2.45, 2.75) is 19.3 Å². The molecule has 0 aliphatic heterocycles. The van der Waals surface area contributed by atoms with Crippen LogP contribution in [-0.2, 0) is 4.79 Å². The third-order valence-electron chi connectivity index (χ3n) is 1.90. The normalized spacial score (nSPS) is 34.2. The molecule has 0 aromatic rings. The van der Waals surface area contributed by atoms with E-state index >= 15 is 0 Å². The van der Waals surface area contributed by atoms with Crippen LogP contribution in [0.3, 0.4) is 0 Å². The number of thiocarbonyl (C=S) groups is 1. The predicted octanol–water partition coefficient (Wildman–Crippen LogP) is 1.60. The molecule has 0 heterocycles. The Morgan fingerprint density at radius 2 is 2.00 bits per heavy atom. The molecule has 0 aromatic heterocycles. The maximum atomic E-state index is 10.2. The molecule has 0 spiro atoms. The second-order valence-corrected chi connectivity index (χ2v) is 2.88. The second kappa shape index (κ2) is 3.06. The molecule has 2 atom stereocenters. The molecule has 1 aliphatic carbocycles. The van der Waals surface area contributed by atoms with Crippen molar-refractivity contribution in [3.8, 4) is 0 Å². The average molecular weight is 142 g/mol. The van der Waals surface area contributed by atoms with Crippen LogP contribution in [0.25, 0.3) is 0 Å². The fraction of sp³-hybridized carbons (Fsp3) is 0.714. The molecule has 9 heavy (non-hydrogen) atoms. The van der Waals surface area contributed by atoms with Gasteiger partial charge in [-0.25, -0.2) is 0 Å². The lowest BCUT2D eigenvalue weighted by atomic mass is 10.1. The third kappa shape index (κ3) is 1.58. The summed E-state index contributed by atoms with van der Waals surface area (Å²) >= 11 is 4.77. The first-order chi connectivity index (χ1) is 4.36. The Balaban J connectivity index is 2.36. The Morgan fingerprint density at radius 3 is 2.33 bits per heavy atom. The average Bonchev–Trinajstić information content (AvgIpc) is 2.34. The first-order valence-corrected chi connectivity index (χ1v) is 3.74. The molecule has 1 nitrogen and oxygen atoms in total. The van der Waals surface area contributed by atoms with E-state index in [4.69, 9.17) is 12.2 Å². The van der Waals surface area contributed by atoms with Crippen LogP contribution in [0, 0.1) is 11.8 Å². The summed E-state index contributed by atoms with van der Waals surface area (Å²) in [6, 6.07) is 0. The molecule has 0 aromatic carbocycles. The predicted molar refractivity (Wildman–Crippen MR) is 40.6 cm³/mol. The standard InChI is InChI=1S/C7H10OS/c8-4-6-1-2-7(3-6)5-9/h4-7H,1-3H2. The molecular weight excluding hydrogens is 132 g/mol. The Morgan fingerprint density at radius 1 is 1.33 bits per heavy atom. The van der Waals surface area contributed by atoms with Gasteiger partial charge >= 0.3 is 0 Å². The molecule has 0 N–H and O–H groups in total. The van der Waals surface area contributed by atoms with E-state index in [1.807, 2.05) is 0 Å². The molecule has 0 saturated heterocycles. The summed E-state index contributed by atoms with van der Waals surface area (Å²) in [5.74, 6) is 0.837. The van der Waals surface area contributed by atoms with Gasteiger partial charge in [0.1, 0.15) is 6.29 Å². The van der Waals surface area contributed by atoms with Gasteiger partial charge in [-0.3, -0.25) is 0 Å². The zero-order chi connectivity index (χ0) is 6.69. The highest BCUT2D eigenvalue weighted by Crippen LogP contribution is 2.27. The Kier molecular flexibility index (Phi) is 2.34. The lowest BCUT2D eigenvalue weighted by Crippen LogP contribution is -1.96. The highest BCUT2D eigenvalue weighted by molar-refractivity contribution is 7.79. The molecule has 1 aliphatic rings. The SMILES string of the molecule is O=CC1CCC(C=S)C1. The topological polar surface area (TPSA) is 17.1 Å². The van der Waals surface area contributed by atoms with E-state index in [0.717, 1.165) is 25.5 Å². The highest BCUT2D eigenvalue weighted by atomic mass is 32.1. The molecule has 1 rings (SSSR count). The van der Waals surface area contributed by atoms with Gasteiger partial charge in [-0.2, -0.15) is 0 Å². The van der Waals surface area contributed by atoms with Gasteiger partial charge in [0.15, 0.2) is 0 Å². The maximum Gasteiger partial charge on any atom is 0.123 e. The summed E-state index contributed by atoms with van der Waals surface area (Å²) in [7, 11) is 0. The van der Waals surface area contributed by atoms with Gasteiger partial charge in [-0.15, -0.1) is 0 Å². The smallest absolute Gasteiger partial charge is 0.123 e. The minimum absolute atomic E-state index is 0.300. The fourth-order valence-corrected chi connectivity index (χ4v) is 1.55. The van der Waals surface area contributed by atoms with Gasteiger partial charge in [-0.05, 0) is 30.5 Å². The van der Waals surface area contributed by atoms with Crippen molar-refractivity contribution >= 4 is 23.9 Å². The summed E-state index contributed by atoms with van der Waals surface area (Å²) in [6.45, 7) is 0. The van der Waals surface area contributed by atoms with Crippen molar-refractivity contribution in [1.82, 2.24) is 0 Å². The lowest BCUT2D eigenvalue weighted by Gasteiger charge is -1.96. The molecule has 50 valence electrons. The Bertz CT molecular complexity index is 108. The van der Waals surface area contributed by atoms with Gasteiger partial charge in [0, 0.05) is 5.92 Å². The first-order valence-electron chi connectivity index (χ1n) is 3.27. The van der Waals surface area contributed by atoms with Crippen LogP contribution in [0.1, 0.15) is 19.3 Å². The summed E-state index contributed by atoms with van der Waals surface area (Å²) < 4.78 is 0. The zero-order valence-corrected chi connectivity index (χ0v) is 6.06. The van der Waals surface area contributed by atoms with E-state index in [2.05, 4.69) is 0 Å². The van der Waals surface area contributed by atoms with Crippen LogP contribution in [0.5, 0.6) is 0 Å². The van der Waals surface area contributed by atoms with E-state index in [1.54, 1.807) is 5.37 Å². The summed E-state index contributed by atoms with van der Waals surface area (Å²) in [6.07, 6.45) is 4.21. The quantitative estimate of drug-likeness (QED) is 0.430. The third-order valence-corrected chi connectivity index (χ3v) is 2.28. The minimum atomic E-state index is 0.300. The second-order valence-electron chi connectivity index (χ2n) is 2.61. The molecule has 0 radical (unpaired) electrons. The number of carbonyl (C=O) groups excluding carboxylic acids is 1. The fourth-order valence-electron chi connectivity index (χ4n) is 1.30. The van der Waals surface area contributed by atoms with Crippen LogP contribution < -0.4 is 0 Å². The van der Waals surface area contributed by atoms with E-state index < -0.39 is 0 Å². The number of aldehydes is 1. The molecule has 2 unspecified atom stereocenters. The summed E-state index contributed by atoms with van der Waals surface area (Å²) in [4.78, 5) is 10.2. The largest absolute Gasteiger partial charge is 0.303 e. The van der Waals surface area contributed by atoms with E-state index in [1.165, 1.54) is 0 Å². The van der Waals surface area contributed by atoms with Gasteiger partial charge < -0.3 is 4.79 Å². The first kappa shape index (κ1) is 6.87. The minimum Gasteiger partial charge on any atom is -0.303 e. The van der Waals surface area contributed by atoms with Crippen LogP contribution in [0.2, 0.25) is 0 Å². The molecule has 1 fully saturated rings. The Labute approximate surface area is 60.4 Å². The number of rotatable bonds is 2. The number of hydrogen-bond acceptors (Lipinski definition) is 2. The highest BCUT2D eigenvalue weighted by Gasteiger charge is 2.21. The molecule has 0 bridgehead atoms. The van der Waals surface area contributed by atoms with Gasteiger partial charge in [0.05, 0.1) is 0 Å². The Hall–Kier alpha value is -0.240. The van der Waals surface area contributed by atoms with Crippen molar-refractivity contribution in [2.24, 2.45) is 11.8 Å². The van der Waals surface area contributed by atoms with Crippen LogP contribution in [0.15, 0.2) is 0 Å². The monoisotopic (exact) mass is 142 g/mol. The van der Waals surface area contributed by atoms with E-state index in [0.29, 0.717) is 11.8 Å². The molecule has 0 amide bonds. The van der Waals surface area contributed by atoms with Crippen molar-refractivity contribution < 1.29 is 4.79 Å². The van der Waals surface area contributed by atoms with Crippen molar-refractivity contribution in [3.05, 3.63) is 0 Å². The van der Waals surface area contributed by atoms with Gasteiger partial charge in [-0.1, -0.05) is 12.2 Å². The van der Waals surface area contributed by atoms with Crippen LogP contribution in [-0.4, -0.2) is 11.7 Å². The molecular formula is C7H10OS. The number of carbonyl (C=O) groups is 1. The van der Waals surface area contributed by atoms with Gasteiger partial charge in [0.2, 0.25) is 0 Å². The van der Waals surface area contributed by atoms with Crippen molar-refractivity contribution in [2.75, 3.05) is 0 Å². The zero-order valence-electron chi connectivity index (χ0n) is 5.25. The molecule has 2 heteroatoms. The van der Waals surface area contributed by atoms with Crippen molar-refractivity contribution in [1.29, 1.82) is 0 Å². The van der Waals surface area contributed by atoms with Gasteiger partial charge in [0.25, 0.3) is 0 Å². The maximum absolute atomic E-state index is 10.2. The summed E-state index contributed by atoms with van der Waals surface area (Å²) in [5.41, 5.74) is 0. The van der Waals surface area contributed by atoms with Crippen LogP contribution in [0.4, 0.5) is 0 Å². The van der Waals surface area contributed by atoms with E-state index in [9.17, 15) is 4.79 Å². The van der Waals surface area contributed by atoms with Crippen molar-refractivity contribution in [3.63, 3.8) is 0 Å². The van der Waals surface area contributed by atoms with E-state index in [-0.39, 0.29) is 0 Å². The lowest BCUT2D eigenvalue weighted by molar-refractivity contribution is -0.110. The van der Waals surface area contributed by atoms with Crippen LogP contribution >= 0.6 is 12.2 Å². The summed E-state index contributed by atoms with van der Waals surface area (Å²) in [5, 5.41) is 1.80.